The lowest BCUT2D eigenvalue weighted by Gasteiger charge is -2.30. The van der Waals surface area contributed by atoms with Crippen LogP contribution in [0.25, 0.3) is 0 Å². The van der Waals surface area contributed by atoms with Gasteiger partial charge >= 0.3 is 0 Å². The van der Waals surface area contributed by atoms with Crippen molar-refractivity contribution in [3.63, 3.8) is 0 Å². The topological polar surface area (TPSA) is 12.0 Å². The van der Waals surface area contributed by atoms with Crippen molar-refractivity contribution in [3.05, 3.63) is 34.3 Å². The Balaban J connectivity index is 2.60. The smallest absolute Gasteiger partial charge is 0.0177 e. The third-order valence-corrected chi connectivity index (χ3v) is 3.16. The highest BCUT2D eigenvalue weighted by atomic mass is 79.9. The molecule has 0 aliphatic rings. The van der Waals surface area contributed by atoms with E-state index >= 15 is 0 Å². The highest BCUT2D eigenvalue weighted by molar-refractivity contribution is 9.10. The molecule has 17 heavy (non-hydrogen) atoms. The van der Waals surface area contributed by atoms with E-state index in [2.05, 4.69) is 80.1 Å². The molecule has 1 rings (SSSR count). The van der Waals surface area contributed by atoms with E-state index < -0.39 is 0 Å². The molecule has 0 fully saturated rings. The Bertz CT molecular complexity index is 363. The van der Waals surface area contributed by atoms with Crippen LogP contribution in [0.1, 0.15) is 40.2 Å². The Morgan fingerprint density at radius 2 is 1.76 bits per heavy atom. The second-order valence-corrected chi connectivity index (χ2v) is 7.49. The standard InChI is InChI=1S/C15H24BrN/c1-14(2,3)17-11-15(4,5)10-12-7-6-8-13(16)9-12/h6-9,17H,10-11H2,1-5H3. The molecule has 1 nitrogen and oxygen atoms in total. The van der Waals surface area contributed by atoms with Crippen LogP contribution in [0.4, 0.5) is 0 Å². The van der Waals surface area contributed by atoms with Crippen molar-refractivity contribution in [2.24, 2.45) is 5.41 Å². The maximum absolute atomic E-state index is 3.59. The molecule has 0 aliphatic heterocycles. The average molecular weight is 298 g/mol. The largest absolute Gasteiger partial charge is 0.312 e. The highest BCUT2D eigenvalue weighted by Crippen LogP contribution is 2.23. The van der Waals surface area contributed by atoms with Crippen LogP contribution in [0.15, 0.2) is 28.7 Å². The predicted molar refractivity (Wildman–Crippen MR) is 79.4 cm³/mol. The third-order valence-electron chi connectivity index (χ3n) is 2.67. The lowest BCUT2D eigenvalue weighted by atomic mass is 9.85. The van der Waals surface area contributed by atoms with E-state index in [4.69, 9.17) is 0 Å². The molecule has 1 aromatic rings. The second-order valence-electron chi connectivity index (χ2n) is 6.57. The maximum Gasteiger partial charge on any atom is 0.0177 e. The first-order valence-corrected chi connectivity index (χ1v) is 6.97. The minimum atomic E-state index is 0.189. The fraction of sp³-hybridized carbons (Fsp3) is 0.600. The summed E-state index contributed by atoms with van der Waals surface area (Å²) in [6.07, 6.45) is 1.09. The first-order valence-electron chi connectivity index (χ1n) is 6.17. The van der Waals surface area contributed by atoms with Crippen molar-refractivity contribution >= 4 is 15.9 Å². The summed E-state index contributed by atoms with van der Waals surface area (Å²) in [4.78, 5) is 0. The van der Waals surface area contributed by atoms with Crippen LogP contribution in [0.5, 0.6) is 0 Å². The lowest BCUT2D eigenvalue weighted by Crippen LogP contribution is -2.42. The SMILES string of the molecule is CC(C)(CNC(C)(C)C)Cc1cccc(Br)c1. The Morgan fingerprint density at radius 3 is 2.29 bits per heavy atom. The van der Waals surface area contributed by atoms with Crippen molar-refractivity contribution in [3.8, 4) is 0 Å². The molecule has 96 valence electrons. The summed E-state index contributed by atoms with van der Waals surface area (Å²) >= 11 is 3.52. The van der Waals surface area contributed by atoms with Crippen LogP contribution in [0, 0.1) is 5.41 Å². The molecule has 0 bridgehead atoms. The van der Waals surface area contributed by atoms with Gasteiger partial charge in [0, 0.05) is 16.6 Å². The molecule has 0 aliphatic carbocycles. The van der Waals surface area contributed by atoms with E-state index in [0.717, 1.165) is 17.4 Å². The zero-order valence-corrected chi connectivity index (χ0v) is 13.2. The van der Waals surface area contributed by atoms with Crippen LogP contribution in [-0.2, 0) is 6.42 Å². The molecule has 0 spiro atoms. The molecule has 0 saturated carbocycles. The number of nitrogens with one attached hydrogen (secondary N) is 1. The highest BCUT2D eigenvalue weighted by Gasteiger charge is 2.21. The second kappa shape index (κ2) is 5.53. The zero-order chi connectivity index (χ0) is 13.1. The number of halogens is 1. The molecule has 2 heteroatoms. The van der Waals surface area contributed by atoms with Gasteiger partial charge in [-0.15, -0.1) is 0 Å². The summed E-state index contributed by atoms with van der Waals surface area (Å²) in [7, 11) is 0. The number of hydrogen-bond acceptors (Lipinski definition) is 1. The maximum atomic E-state index is 3.59. The van der Waals surface area contributed by atoms with Gasteiger partial charge in [-0.25, -0.2) is 0 Å². The van der Waals surface area contributed by atoms with Gasteiger partial charge in [0.1, 0.15) is 0 Å². The van der Waals surface area contributed by atoms with Crippen LogP contribution in [0.2, 0.25) is 0 Å². The minimum absolute atomic E-state index is 0.189. The van der Waals surface area contributed by atoms with Crippen LogP contribution < -0.4 is 5.32 Å². The fourth-order valence-corrected chi connectivity index (χ4v) is 2.21. The molecular weight excluding hydrogens is 274 g/mol. The quantitative estimate of drug-likeness (QED) is 0.868. The average Bonchev–Trinajstić information content (AvgIpc) is 2.13. The Kier molecular flexibility index (Phi) is 4.79. The molecule has 0 unspecified atom stereocenters. The third kappa shape index (κ3) is 6.23. The van der Waals surface area contributed by atoms with E-state index in [9.17, 15) is 0 Å². The predicted octanol–water partition coefficient (Wildman–Crippen LogP) is 4.41. The van der Waals surface area contributed by atoms with Gasteiger partial charge in [0.25, 0.3) is 0 Å². The molecule has 0 aromatic heterocycles. The van der Waals surface area contributed by atoms with Gasteiger partial charge in [0.15, 0.2) is 0 Å². The van der Waals surface area contributed by atoms with Gasteiger partial charge in [-0.1, -0.05) is 41.9 Å². The normalized spacial score (nSPS) is 12.8. The van der Waals surface area contributed by atoms with Crippen molar-refractivity contribution in [2.75, 3.05) is 6.54 Å². The van der Waals surface area contributed by atoms with Crippen LogP contribution >= 0.6 is 15.9 Å². The number of rotatable bonds is 4. The van der Waals surface area contributed by atoms with Crippen molar-refractivity contribution in [2.45, 2.75) is 46.6 Å². The van der Waals surface area contributed by atoms with E-state index in [1.54, 1.807) is 0 Å². The molecule has 1 aromatic carbocycles. The molecule has 0 atom stereocenters. The summed E-state index contributed by atoms with van der Waals surface area (Å²) in [6.45, 7) is 12.3. The van der Waals surface area contributed by atoms with Crippen molar-refractivity contribution < 1.29 is 0 Å². The first-order chi connectivity index (χ1) is 7.68. The molecule has 0 heterocycles. The van der Waals surface area contributed by atoms with Crippen molar-refractivity contribution in [1.82, 2.24) is 5.32 Å². The first kappa shape index (κ1) is 14.7. The molecule has 0 radical (unpaired) electrons. The van der Waals surface area contributed by atoms with Gasteiger partial charge in [0.05, 0.1) is 0 Å². The van der Waals surface area contributed by atoms with Crippen LogP contribution in [0.3, 0.4) is 0 Å². The summed E-state index contributed by atoms with van der Waals surface area (Å²) in [5.74, 6) is 0. The van der Waals surface area contributed by atoms with E-state index in [0.29, 0.717) is 0 Å². The molecule has 0 amide bonds. The van der Waals surface area contributed by atoms with Gasteiger partial charge in [0.2, 0.25) is 0 Å². The summed E-state index contributed by atoms with van der Waals surface area (Å²) in [5, 5.41) is 3.59. The molecule has 1 N–H and O–H groups in total. The molecular formula is C15H24BrN. The molecule has 0 saturated heterocycles. The number of benzene rings is 1. The summed E-state index contributed by atoms with van der Waals surface area (Å²) in [6, 6.07) is 8.58. The number of hydrogen-bond donors (Lipinski definition) is 1. The monoisotopic (exact) mass is 297 g/mol. The van der Waals surface area contributed by atoms with Gasteiger partial charge in [-0.2, -0.15) is 0 Å². The zero-order valence-electron chi connectivity index (χ0n) is 11.6. The van der Waals surface area contributed by atoms with Crippen molar-refractivity contribution in [1.29, 1.82) is 0 Å². The summed E-state index contributed by atoms with van der Waals surface area (Å²) in [5.41, 5.74) is 1.85. The fourth-order valence-electron chi connectivity index (χ4n) is 1.77. The van der Waals surface area contributed by atoms with Gasteiger partial charge < -0.3 is 5.32 Å². The van der Waals surface area contributed by atoms with E-state index in [-0.39, 0.29) is 11.0 Å². The van der Waals surface area contributed by atoms with Crippen LogP contribution in [-0.4, -0.2) is 12.1 Å². The Hall–Kier alpha value is -0.340. The van der Waals surface area contributed by atoms with Gasteiger partial charge in [-0.3, -0.25) is 0 Å². The van der Waals surface area contributed by atoms with E-state index in [1.807, 2.05) is 0 Å². The summed E-state index contributed by atoms with van der Waals surface area (Å²) < 4.78 is 1.16. The van der Waals surface area contributed by atoms with E-state index in [1.165, 1.54) is 5.56 Å². The lowest BCUT2D eigenvalue weighted by molar-refractivity contribution is 0.289. The Labute approximate surface area is 114 Å². The minimum Gasteiger partial charge on any atom is -0.312 e. The van der Waals surface area contributed by atoms with Gasteiger partial charge in [-0.05, 0) is 50.3 Å². The Morgan fingerprint density at radius 1 is 1.12 bits per heavy atom.